The van der Waals surface area contributed by atoms with E-state index in [1.54, 1.807) is 0 Å². The molecule has 2 aromatic rings. The van der Waals surface area contributed by atoms with Gasteiger partial charge in [0.15, 0.2) is 0 Å². The summed E-state index contributed by atoms with van der Waals surface area (Å²) in [5, 5.41) is 3.77. The van der Waals surface area contributed by atoms with E-state index in [-0.39, 0.29) is 5.54 Å². The lowest BCUT2D eigenvalue weighted by Gasteiger charge is -2.37. The molecule has 2 aromatic carbocycles. The van der Waals surface area contributed by atoms with E-state index in [1.807, 2.05) is 0 Å². The van der Waals surface area contributed by atoms with Gasteiger partial charge in [-0.1, -0.05) is 48.5 Å². The monoisotopic (exact) mass is 280 g/mol. The van der Waals surface area contributed by atoms with E-state index in [1.165, 1.54) is 16.8 Å². The molecule has 0 radical (unpaired) electrons. The summed E-state index contributed by atoms with van der Waals surface area (Å²) in [6.07, 6.45) is 0. The van der Waals surface area contributed by atoms with Gasteiger partial charge in [0.05, 0.1) is 5.54 Å². The smallest absolute Gasteiger partial charge is 0.0586 e. The lowest BCUT2D eigenvalue weighted by molar-refractivity contribution is 0.366. The molecule has 3 rings (SSSR count). The van der Waals surface area contributed by atoms with Gasteiger partial charge in [0, 0.05) is 24.8 Å². The summed E-state index contributed by atoms with van der Waals surface area (Å²) in [6, 6.07) is 20.0. The van der Waals surface area contributed by atoms with Crippen LogP contribution in [0.1, 0.15) is 31.9 Å². The van der Waals surface area contributed by atoms with Crippen molar-refractivity contribution in [2.45, 2.75) is 38.9 Å². The van der Waals surface area contributed by atoms with Crippen LogP contribution in [0, 0.1) is 0 Å². The highest BCUT2D eigenvalue weighted by Gasteiger charge is 2.33. The SMILES string of the molecule is CC(C)N1CC(C)(c2ccccc2)NCc2ccccc21. The zero-order valence-corrected chi connectivity index (χ0v) is 13.1. The third-order valence-electron chi connectivity index (χ3n) is 4.49. The van der Waals surface area contributed by atoms with Gasteiger partial charge in [-0.2, -0.15) is 0 Å². The normalized spacial score (nSPS) is 22.0. The van der Waals surface area contributed by atoms with Crippen molar-refractivity contribution in [2.75, 3.05) is 11.4 Å². The van der Waals surface area contributed by atoms with Crippen LogP contribution in [0.4, 0.5) is 5.69 Å². The van der Waals surface area contributed by atoms with Crippen LogP contribution in [0.5, 0.6) is 0 Å². The number of benzene rings is 2. The fourth-order valence-corrected chi connectivity index (χ4v) is 3.17. The quantitative estimate of drug-likeness (QED) is 0.897. The van der Waals surface area contributed by atoms with E-state index in [0.29, 0.717) is 6.04 Å². The van der Waals surface area contributed by atoms with Crippen molar-refractivity contribution in [2.24, 2.45) is 0 Å². The molecule has 0 saturated heterocycles. The molecule has 2 nitrogen and oxygen atoms in total. The number of para-hydroxylation sites is 1. The first-order valence-electron chi connectivity index (χ1n) is 7.75. The minimum Gasteiger partial charge on any atom is -0.367 e. The summed E-state index contributed by atoms with van der Waals surface area (Å²) < 4.78 is 0. The predicted molar refractivity (Wildman–Crippen MR) is 89.6 cm³/mol. The lowest BCUT2D eigenvalue weighted by atomic mass is 9.91. The van der Waals surface area contributed by atoms with Gasteiger partial charge >= 0.3 is 0 Å². The molecule has 1 heterocycles. The van der Waals surface area contributed by atoms with Crippen LogP contribution >= 0.6 is 0 Å². The summed E-state index contributed by atoms with van der Waals surface area (Å²) >= 11 is 0. The fraction of sp³-hybridized carbons (Fsp3) is 0.368. The molecule has 1 unspecified atom stereocenters. The highest BCUT2D eigenvalue weighted by atomic mass is 15.2. The molecule has 0 spiro atoms. The molecule has 0 saturated carbocycles. The Morgan fingerprint density at radius 3 is 2.38 bits per heavy atom. The largest absolute Gasteiger partial charge is 0.367 e. The zero-order chi connectivity index (χ0) is 14.9. The maximum absolute atomic E-state index is 3.77. The molecule has 21 heavy (non-hydrogen) atoms. The summed E-state index contributed by atoms with van der Waals surface area (Å²) in [4.78, 5) is 2.52. The van der Waals surface area contributed by atoms with Crippen LogP contribution in [-0.2, 0) is 12.1 Å². The number of nitrogens with one attached hydrogen (secondary N) is 1. The first kappa shape index (κ1) is 14.2. The second-order valence-electron chi connectivity index (χ2n) is 6.40. The number of hydrogen-bond donors (Lipinski definition) is 1. The second kappa shape index (κ2) is 5.53. The molecule has 1 atom stereocenters. The molecule has 1 aliphatic rings. The van der Waals surface area contributed by atoms with E-state index in [9.17, 15) is 0 Å². The molecular formula is C19H24N2. The standard InChI is InChI=1S/C19H24N2/c1-15(2)21-14-19(3,17-10-5-4-6-11-17)20-13-16-9-7-8-12-18(16)21/h4-12,15,20H,13-14H2,1-3H3. The molecule has 0 aromatic heterocycles. The molecule has 0 bridgehead atoms. The Kier molecular flexibility index (Phi) is 3.73. The van der Waals surface area contributed by atoms with Gasteiger partial charge in [0.25, 0.3) is 0 Å². The Labute approximate surface area is 127 Å². The van der Waals surface area contributed by atoms with Crippen LogP contribution in [0.25, 0.3) is 0 Å². The van der Waals surface area contributed by atoms with E-state index < -0.39 is 0 Å². The van der Waals surface area contributed by atoms with Gasteiger partial charge in [-0.3, -0.25) is 0 Å². The Bertz CT molecular complexity index is 606. The van der Waals surface area contributed by atoms with E-state index in [2.05, 4.69) is 85.6 Å². The first-order chi connectivity index (χ1) is 10.1. The third-order valence-corrected chi connectivity index (χ3v) is 4.49. The van der Waals surface area contributed by atoms with Gasteiger partial charge in [-0.05, 0) is 38.0 Å². The average molecular weight is 280 g/mol. The summed E-state index contributed by atoms with van der Waals surface area (Å²) in [6.45, 7) is 8.74. The van der Waals surface area contributed by atoms with Crippen LogP contribution in [0.15, 0.2) is 54.6 Å². The molecule has 0 amide bonds. The molecule has 0 aliphatic carbocycles. The van der Waals surface area contributed by atoms with Crippen molar-refractivity contribution < 1.29 is 0 Å². The number of hydrogen-bond acceptors (Lipinski definition) is 2. The van der Waals surface area contributed by atoms with Crippen molar-refractivity contribution in [3.05, 3.63) is 65.7 Å². The van der Waals surface area contributed by atoms with E-state index in [0.717, 1.165) is 13.1 Å². The summed E-state index contributed by atoms with van der Waals surface area (Å²) in [5.41, 5.74) is 4.05. The molecule has 110 valence electrons. The van der Waals surface area contributed by atoms with Crippen molar-refractivity contribution >= 4 is 5.69 Å². The molecule has 0 fully saturated rings. The van der Waals surface area contributed by atoms with Crippen molar-refractivity contribution in [1.82, 2.24) is 5.32 Å². The van der Waals surface area contributed by atoms with Crippen LogP contribution < -0.4 is 10.2 Å². The van der Waals surface area contributed by atoms with Gasteiger partial charge in [-0.15, -0.1) is 0 Å². The third kappa shape index (κ3) is 2.68. The van der Waals surface area contributed by atoms with Crippen molar-refractivity contribution in [1.29, 1.82) is 0 Å². The van der Waals surface area contributed by atoms with Crippen LogP contribution in [-0.4, -0.2) is 12.6 Å². The number of rotatable bonds is 2. The topological polar surface area (TPSA) is 15.3 Å². The zero-order valence-electron chi connectivity index (χ0n) is 13.1. The molecule has 1 N–H and O–H groups in total. The molecule has 2 heteroatoms. The second-order valence-corrected chi connectivity index (χ2v) is 6.40. The van der Waals surface area contributed by atoms with E-state index >= 15 is 0 Å². The van der Waals surface area contributed by atoms with Gasteiger partial charge < -0.3 is 10.2 Å². The van der Waals surface area contributed by atoms with Crippen molar-refractivity contribution in [3.8, 4) is 0 Å². The minimum absolute atomic E-state index is 0.0372. The first-order valence-corrected chi connectivity index (χ1v) is 7.75. The maximum atomic E-state index is 3.77. The summed E-state index contributed by atoms with van der Waals surface area (Å²) in [5.74, 6) is 0. The van der Waals surface area contributed by atoms with Gasteiger partial charge in [0.1, 0.15) is 0 Å². The maximum Gasteiger partial charge on any atom is 0.0586 e. The number of anilines is 1. The highest BCUT2D eigenvalue weighted by Crippen LogP contribution is 2.32. The van der Waals surface area contributed by atoms with Crippen molar-refractivity contribution in [3.63, 3.8) is 0 Å². The lowest BCUT2D eigenvalue weighted by Crippen LogP contribution is -2.48. The molecule has 1 aliphatic heterocycles. The molecular weight excluding hydrogens is 256 g/mol. The predicted octanol–water partition coefficient (Wildman–Crippen LogP) is 3.92. The Morgan fingerprint density at radius 2 is 1.67 bits per heavy atom. The average Bonchev–Trinajstić information content (AvgIpc) is 2.67. The van der Waals surface area contributed by atoms with E-state index in [4.69, 9.17) is 0 Å². The Balaban J connectivity index is 2.02. The van der Waals surface area contributed by atoms with Crippen LogP contribution in [0.2, 0.25) is 0 Å². The number of fused-ring (bicyclic) bond motifs is 1. The summed E-state index contributed by atoms with van der Waals surface area (Å²) in [7, 11) is 0. The fourth-order valence-electron chi connectivity index (χ4n) is 3.17. The number of nitrogens with zero attached hydrogens (tertiary/aromatic N) is 1. The minimum atomic E-state index is -0.0372. The Hall–Kier alpha value is -1.80. The van der Waals surface area contributed by atoms with Gasteiger partial charge in [-0.25, -0.2) is 0 Å². The Morgan fingerprint density at radius 1 is 1.00 bits per heavy atom. The highest BCUT2D eigenvalue weighted by molar-refractivity contribution is 5.56. The van der Waals surface area contributed by atoms with Gasteiger partial charge in [0.2, 0.25) is 0 Å². The van der Waals surface area contributed by atoms with Crippen LogP contribution in [0.3, 0.4) is 0 Å².